The Hall–Kier alpha value is 0.300. The number of ether oxygens (including phenoxy) is 1. The van der Waals surface area contributed by atoms with Gasteiger partial charge in [0, 0.05) is 5.33 Å². The van der Waals surface area contributed by atoms with Crippen LogP contribution in [0.5, 0.6) is 0 Å². The molecule has 0 heterocycles. The van der Waals surface area contributed by atoms with Crippen molar-refractivity contribution in [3.05, 3.63) is 0 Å². The van der Waals surface area contributed by atoms with Crippen molar-refractivity contribution in [1.29, 1.82) is 0 Å². The molecule has 0 fully saturated rings. The van der Waals surface area contributed by atoms with Crippen molar-refractivity contribution >= 4 is 34.5 Å². The average molecular weight is 353 g/mol. The fraction of sp³-hybridized carbons (Fsp3) is 0.933. The van der Waals surface area contributed by atoms with Crippen molar-refractivity contribution in [2.45, 2.75) is 64.7 Å². The normalized spacial score (nSPS) is 12.4. The Labute approximate surface area is 132 Å². The molecule has 0 aliphatic heterocycles. The zero-order chi connectivity index (χ0) is 14.3. The van der Waals surface area contributed by atoms with E-state index >= 15 is 0 Å². The Kier molecular flexibility index (Phi) is 14.9. The number of hydrogen-bond acceptors (Lipinski definition) is 3. The lowest BCUT2D eigenvalue weighted by atomic mass is 10.1. The quantitative estimate of drug-likeness (QED) is 0.218. The van der Waals surface area contributed by atoms with Gasteiger partial charge in [-0.15, -0.1) is 0 Å². The fourth-order valence-corrected chi connectivity index (χ4v) is 2.32. The summed E-state index contributed by atoms with van der Waals surface area (Å²) in [6, 6.07) is 0. The molecule has 0 amide bonds. The maximum Gasteiger partial charge on any atom is 0.309 e. The maximum atomic E-state index is 11.4. The van der Waals surface area contributed by atoms with Gasteiger partial charge in [0.05, 0.1) is 12.5 Å². The highest BCUT2D eigenvalue weighted by Crippen LogP contribution is 2.10. The number of unbranched alkanes of at least 4 members (excludes halogenated alkanes) is 8. The lowest BCUT2D eigenvalue weighted by Crippen LogP contribution is -2.16. The highest BCUT2D eigenvalue weighted by molar-refractivity contribution is 9.09. The summed E-state index contributed by atoms with van der Waals surface area (Å²) in [6.07, 6.45) is 11.4. The van der Waals surface area contributed by atoms with Crippen LogP contribution in [0.25, 0.3) is 0 Å². The number of rotatable bonds is 13. The molecular formula is C15H29BrO2S. The van der Waals surface area contributed by atoms with Gasteiger partial charge in [-0.2, -0.15) is 12.6 Å². The van der Waals surface area contributed by atoms with E-state index in [0.717, 1.165) is 12.2 Å². The first-order valence-corrected chi connectivity index (χ1v) is 9.31. The molecular weight excluding hydrogens is 324 g/mol. The summed E-state index contributed by atoms with van der Waals surface area (Å²) in [5, 5.41) is 0.680. The van der Waals surface area contributed by atoms with Gasteiger partial charge >= 0.3 is 5.97 Å². The molecule has 0 bridgehead atoms. The van der Waals surface area contributed by atoms with Crippen LogP contribution in [0.2, 0.25) is 0 Å². The first kappa shape index (κ1) is 19.3. The van der Waals surface area contributed by atoms with Crippen molar-refractivity contribution < 1.29 is 9.53 Å². The van der Waals surface area contributed by atoms with Gasteiger partial charge in [-0.25, -0.2) is 0 Å². The van der Waals surface area contributed by atoms with Crippen molar-refractivity contribution in [2.75, 3.05) is 17.7 Å². The average Bonchev–Trinajstić information content (AvgIpc) is 2.43. The summed E-state index contributed by atoms with van der Waals surface area (Å²) in [5.74, 6) is 0.908. The molecule has 0 aliphatic rings. The Morgan fingerprint density at radius 3 is 1.95 bits per heavy atom. The van der Waals surface area contributed by atoms with Crippen LogP contribution in [0.4, 0.5) is 0 Å². The van der Waals surface area contributed by atoms with E-state index < -0.39 is 0 Å². The summed E-state index contributed by atoms with van der Waals surface area (Å²) in [7, 11) is 0. The van der Waals surface area contributed by atoms with Gasteiger partial charge < -0.3 is 4.74 Å². The Balaban J connectivity index is 3.13. The topological polar surface area (TPSA) is 26.3 Å². The number of carbonyl (C=O) groups excluding carboxylic acids is 1. The van der Waals surface area contributed by atoms with Crippen LogP contribution in [0.1, 0.15) is 64.7 Å². The summed E-state index contributed by atoms with van der Waals surface area (Å²) in [5.41, 5.74) is 0. The Bertz CT molecular complexity index is 212. The van der Waals surface area contributed by atoms with Crippen LogP contribution >= 0.6 is 28.6 Å². The molecule has 0 saturated heterocycles. The lowest BCUT2D eigenvalue weighted by Gasteiger charge is -2.08. The van der Waals surface area contributed by atoms with E-state index in [4.69, 9.17) is 4.74 Å². The van der Waals surface area contributed by atoms with Crippen LogP contribution < -0.4 is 0 Å². The molecule has 0 aliphatic carbocycles. The van der Waals surface area contributed by atoms with Crippen LogP contribution in [0, 0.1) is 5.92 Å². The number of carbonyl (C=O) groups is 1. The van der Waals surface area contributed by atoms with Crippen molar-refractivity contribution in [3.63, 3.8) is 0 Å². The molecule has 1 atom stereocenters. The third-order valence-corrected chi connectivity index (χ3v) is 4.47. The van der Waals surface area contributed by atoms with Crippen molar-refractivity contribution in [3.8, 4) is 0 Å². The summed E-state index contributed by atoms with van der Waals surface area (Å²) in [4.78, 5) is 11.4. The minimum Gasteiger partial charge on any atom is -0.465 e. The van der Waals surface area contributed by atoms with Crippen LogP contribution in [-0.4, -0.2) is 23.7 Å². The number of hydrogen-bond donors (Lipinski definition) is 1. The molecule has 0 radical (unpaired) electrons. The van der Waals surface area contributed by atoms with Crippen molar-refractivity contribution in [1.82, 2.24) is 0 Å². The predicted molar refractivity (Wildman–Crippen MR) is 89.3 cm³/mol. The van der Waals surface area contributed by atoms with Gasteiger partial charge in [0.15, 0.2) is 0 Å². The molecule has 0 rings (SSSR count). The molecule has 0 spiro atoms. The Morgan fingerprint density at radius 2 is 1.47 bits per heavy atom. The molecule has 0 aromatic carbocycles. The third-order valence-electron chi connectivity index (χ3n) is 3.18. The second-order valence-electron chi connectivity index (χ2n) is 5.13. The van der Waals surface area contributed by atoms with Crippen molar-refractivity contribution in [2.24, 2.45) is 5.92 Å². The van der Waals surface area contributed by atoms with E-state index in [9.17, 15) is 4.79 Å². The standard InChI is InChI=1S/C15H29BrO2S/c1-14(13-16)15(17)18-11-9-7-5-3-2-4-6-8-10-12-19/h14,19H,2-13H2,1H3. The fourth-order valence-electron chi connectivity index (χ4n) is 1.83. The maximum absolute atomic E-state index is 11.4. The molecule has 2 nitrogen and oxygen atoms in total. The zero-order valence-electron chi connectivity index (χ0n) is 12.2. The number of thiol groups is 1. The van der Waals surface area contributed by atoms with Crippen LogP contribution in [-0.2, 0) is 9.53 Å². The summed E-state index contributed by atoms with van der Waals surface area (Å²) >= 11 is 7.49. The molecule has 114 valence electrons. The van der Waals surface area contributed by atoms with Gasteiger partial charge in [-0.3, -0.25) is 4.79 Å². The minimum absolute atomic E-state index is 0.0303. The summed E-state index contributed by atoms with van der Waals surface area (Å²) in [6.45, 7) is 2.46. The highest BCUT2D eigenvalue weighted by Gasteiger charge is 2.11. The second kappa shape index (κ2) is 14.7. The first-order chi connectivity index (χ1) is 9.22. The molecule has 0 saturated carbocycles. The van der Waals surface area contributed by atoms with Gasteiger partial charge in [0.2, 0.25) is 0 Å². The van der Waals surface area contributed by atoms with E-state index in [-0.39, 0.29) is 11.9 Å². The number of halogens is 1. The SMILES string of the molecule is CC(CBr)C(=O)OCCCCCCCCCCCS. The number of esters is 1. The van der Waals surface area contributed by atoms with E-state index in [0.29, 0.717) is 11.9 Å². The smallest absolute Gasteiger partial charge is 0.309 e. The zero-order valence-corrected chi connectivity index (χ0v) is 14.7. The molecule has 0 aromatic heterocycles. The van der Waals surface area contributed by atoms with Gasteiger partial charge in [-0.05, 0) is 18.6 Å². The minimum atomic E-state index is -0.0823. The molecule has 0 N–H and O–H groups in total. The summed E-state index contributed by atoms with van der Waals surface area (Å²) < 4.78 is 5.19. The number of alkyl halides is 1. The molecule has 1 unspecified atom stereocenters. The lowest BCUT2D eigenvalue weighted by molar-refractivity contribution is -0.147. The van der Waals surface area contributed by atoms with E-state index in [1.165, 1.54) is 51.4 Å². The van der Waals surface area contributed by atoms with Crippen LogP contribution in [0.3, 0.4) is 0 Å². The highest BCUT2D eigenvalue weighted by atomic mass is 79.9. The Morgan fingerprint density at radius 1 is 1.00 bits per heavy atom. The molecule has 0 aromatic rings. The third kappa shape index (κ3) is 13.1. The predicted octanol–water partition coefficient (Wildman–Crippen LogP) is 5.00. The monoisotopic (exact) mass is 352 g/mol. The van der Waals surface area contributed by atoms with E-state index in [1.54, 1.807) is 0 Å². The van der Waals surface area contributed by atoms with Gasteiger partial charge in [-0.1, -0.05) is 67.8 Å². The molecule has 4 heteroatoms. The second-order valence-corrected chi connectivity index (χ2v) is 6.22. The van der Waals surface area contributed by atoms with Crippen LogP contribution in [0.15, 0.2) is 0 Å². The van der Waals surface area contributed by atoms with E-state index in [2.05, 4.69) is 28.6 Å². The largest absolute Gasteiger partial charge is 0.465 e. The first-order valence-electron chi connectivity index (χ1n) is 7.55. The van der Waals surface area contributed by atoms with E-state index in [1.807, 2.05) is 6.92 Å². The van der Waals surface area contributed by atoms with Gasteiger partial charge in [0.25, 0.3) is 0 Å². The van der Waals surface area contributed by atoms with Gasteiger partial charge in [0.1, 0.15) is 0 Å². The molecule has 19 heavy (non-hydrogen) atoms.